The molecule has 160 valence electrons. The first-order valence-electron chi connectivity index (χ1n) is 10.2. The van der Waals surface area contributed by atoms with Crippen molar-refractivity contribution in [2.75, 3.05) is 0 Å². The van der Waals surface area contributed by atoms with E-state index in [1.54, 1.807) is 0 Å². The molecule has 0 N–H and O–H groups in total. The number of hydrogen-bond donors (Lipinski definition) is 0. The Morgan fingerprint density at radius 2 is 0.969 bits per heavy atom. The van der Waals surface area contributed by atoms with Crippen molar-refractivity contribution in [2.24, 2.45) is 0 Å². The Kier molecular flexibility index (Phi) is 8.48. The molecule has 0 fully saturated rings. The zero-order valence-corrected chi connectivity index (χ0v) is 23.2. The van der Waals surface area contributed by atoms with Crippen LogP contribution in [-0.4, -0.2) is 0 Å². The molecule has 0 bridgehead atoms. The maximum Gasteiger partial charge on any atom is 4.00 e. The third-order valence-electron chi connectivity index (χ3n) is 6.15. The number of aryl methyl sites for hydroxylation is 4. The first-order valence-corrected chi connectivity index (χ1v) is 11.6. The SMILES string of the molecule is Cc1ccc(C)c2[cH-]c(P(c3ccccc3)c3cc4c(C)ccc(C)c4[cH-]3)cc12.[F-].[F-].[Hf+4]. The minimum absolute atomic E-state index is 0. The van der Waals surface area contributed by atoms with Crippen LogP contribution in [0.2, 0.25) is 0 Å². The summed E-state index contributed by atoms with van der Waals surface area (Å²) >= 11 is 0. The van der Waals surface area contributed by atoms with Gasteiger partial charge in [-0.2, -0.15) is 12.1 Å². The minimum atomic E-state index is -0.589. The molecule has 0 heterocycles. The molecule has 0 unspecified atom stereocenters. The van der Waals surface area contributed by atoms with Gasteiger partial charge in [0.1, 0.15) is 0 Å². The number of fused-ring (bicyclic) bond motifs is 2. The fraction of sp³-hybridized carbons (Fsp3) is 0.143. The minimum Gasteiger partial charge on any atom is -1.00 e. The molecule has 5 aromatic carbocycles. The second-order valence-corrected chi connectivity index (χ2v) is 10.4. The number of rotatable bonds is 3. The van der Waals surface area contributed by atoms with Crippen LogP contribution in [0.1, 0.15) is 22.3 Å². The molecule has 0 aliphatic rings. The van der Waals surface area contributed by atoms with Gasteiger partial charge in [-0.15, -0.1) is 67.5 Å². The molecule has 0 spiro atoms. The van der Waals surface area contributed by atoms with Gasteiger partial charge in [-0.25, -0.2) is 0 Å². The van der Waals surface area contributed by atoms with Crippen molar-refractivity contribution >= 4 is 45.4 Å². The molecular weight excluding hydrogens is 584 g/mol. The molecule has 0 aliphatic carbocycles. The summed E-state index contributed by atoms with van der Waals surface area (Å²) in [5, 5.41) is 9.89. The molecule has 0 atom stereocenters. The van der Waals surface area contributed by atoms with E-state index in [9.17, 15) is 0 Å². The second kappa shape index (κ2) is 10.3. The summed E-state index contributed by atoms with van der Waals surface area (Å²) < 4.78 is 0. The normalized spacial score (nSPS) is 10.7. The van der Waals surface area contributed by atoms with E-state index in [0.717, 1.165) is 0 Å². The zero-order valence-electron chi connectivity index (χ0n) is 18.7. The zero-order chi connectivity index (χ0) is 20.1. The maximum absolute atomic E-state index is 2.44. The summed E-state index contributed by atoms with van der Waals surface area (Å²) in [6, 6.07) is 29.8. The molecule has 5 rings (SSSR count). The van der Waals surface area contributed by atoms with Crippen LogP contribution in [0.15, 0.2) is 78.9 Å². The molecule has 0 aromatic heterocycles. The van der Waals surface area contributed by atoms with E-state index < -0.39 is 7.92 Å². The van der Waals surface area contributed by atoms with E-state index in [1.807, 2.05) is 0 Å². The quantitative estimate of drug-likeness (QED) is 0.158. The van der Waals surface area contributed by atoms with Crippen molar-refractivity contribution in [3.8, 4) is 0 Å². The number of halogens is 2. The van der Waals surface area contributed by atoms with Crippen LogP contribution in [0, 0.1) is 27.7 Å². The van der Waals surface area contributed by atoms with E-state index >= 15 is 0 Å². The first kappa shape index (κ1) is 26.3. The van der Waals surface area contributed by atoms with E-state index in [0.29, 0.717) is 0 Å². The van der Waals surface area contributed by atoms with E-state index in [2.05, 4.69) is 107 Å². The molecule has 32 heavy (non-hydrogen) atoms. The molecular formula is C28H25F2HfP. The van der Waals surface area contributed by atoms with E-state index in [4.69, 9.17) is 0 Å². The van der Waals surface area contributed by atoms with Gasteiger partial charge in [0.2, 0.25) is 0 Å². The van der Waals surface area contributed by atoms with E-state index in [1.165, 1.54) is 59.7 Å². The molecule has 0 saturated heterocycles. The van der Waals surface area contributed by atoms with Gasteiger partial charge in [0, 0.05) is 0 Å². The van der Waals surface area contributed by atoms with Crippen molar-refractivity contribution in [3.05, 3.63) is 101 Å². The van der Waals surface area contributed by atoms with Gasteiger partial charge >= 0.3 is 25.8 Å². The monoisotopic (exact) mass is 610 g/mol. The summed E-state index contributed by atoms with van der Waals surface area (Å²) in [6.07, 6.45) is 0. The van der Waals surface area contributed by atoms with Crippen LogP contribution in [0.3, 0.4) is 0 Å². The van der Waals surface area contributed by atoms with Gasteiger partial charge in [0.15, 0.2) is 0 Å². The third-order valence-corrected chi connectivity index (χ3v) is 8.51. The Hall–Kier alpha value is -1.96. The van der Waals surface area contributed by atoms with Crippen molar-refractivity contribution in [2.45, 2.75) is 27.7 Å². The summed E-state index contributed by atoms with van der Waals surface area (Å²) in [4.78, 5) is 0. The van der Waals surface area contributed by atoms with Crippen LogP contribution in [-0.2, 0) is 25.8 Å². The molecule has 5 aromatic rings. The fourth-order valence-electron chi connectivity index (χ4n) is 4.43. The van der Waals surface area contributed by atoms with Crippen LogP contribution < -0.4 is 25.3 Å². The van der Waals surface area contributed by atoms with Crippen LogP contribution in [0.4, 0.5) is 0 Å². The second-order valence-electron chi connectivity index (χ2n) is 8.15. The topological polar surface area (TPSA) is 0 Å². The molecule has 4 heteroatoms. The molecule has 0 nitrogen and oxygen atoms in total. The Labute approximate surface area is 208 Å². The number of benzene rings is 3. The van der Waals surface area contributed by atoms with Crippen molar-refractivity contribution in [1.29, 1.82) is 0 Å². The Morgan fingerprint density at radius 3 is 1.38 bits per heavy atom. The largest absolute Gasteiger partial charge is 4.00 e. The smallest absolute Gasteiger partial charge is 1.00 e. The molecule has 0 saturated carbocycles. The third kappa shape index (κ3) is 4.43. The van der Waals surface area contributed by atoms with Gasteiger partial charge in [0.05, 0.1) is 0 Å². The summed E-state index contributed by atoms with van der Waals surface area (Å²) in [5.74, 6) is 0. The predicted octanol–water partition coefficient (Wildman–Crippen LogP) is 0.428. The predicted molar refractivity (Wildman–Crippen MR) is 130 cm³/mol. The average molecular weight is 609 g/mol. The van der Waals surface area contributed by atoms with Crippen molar-refractivity contribution in [1.82, 2.24) is 0 Å². The van der Waals surface area contributed by atoms with E-state index in [-0.39, 0.29) is 35.3 Å². The van der Waals surface area contributed by atoms with Gasteiger partial charge in [0.25, 0.3) is 0 Å². The van der Waals surface area contributed by atoms with Crippen LogP contribution in [0.25, 0.3) is 21.5 Å². The van der Waals surface area contributed by atoms with Crippen LogP contribution >= 0.6 is 7.92 Å². The summed E-state index contributed by atoms with van der Waals surface area (Å²) in [5.41, 5.74) is 5.44. The molecule has 0 aliphatic heterocycles. The first-order chi connectivity index (χ1) is 14.0. The molecule has 0 amide bonds. The van der Waals surface area contributed by atoms with Crippen LogP contribution in [0.5, 0.6) is 0 Å². The summed E-state index contributed by atoms with van der Waals surface area (Å²) in [6.45, 7) is 8.89. The van der Waals surface area contributed by atoms with Crippen molar-refractivity contribution in [3.63, 3.8) is 0 Å². The number of hydrogen-bond acceptors (Lipinski definition) is 0. The van der Waals surface area contributed by atoms with Crippen molar-refractivity contribution < 1.29 is 35.3 Å². The Bertz CT molecular complexity index is 1180. The molecule has 0 radical (unpaired) electrons. The summed E-state index contributed by atoms with van der Waals surface area (Å²) in [7, 11) is -0.589. The van der Waals surface area contributed by atoms with Gasteiger partial charge < -0.3 is 9.41 Å². The van der Waals surface area contributed by atoms with Gasteiger partial charge in [-0.1, -0.05) is 75.4 Å². The Balaban J connectivity index is 0.00000121. The van der Waals surface area contributed by atoms with Gasteiger partial charge in [-0.05, 0) is 19.2 Å². The Morgan fingerprint density at radius 1 is 0.562 bits per heavy atom. The standard InChI is InChI=1S/C28H25P.2FH.Hf/c1-18-10-11-19(2)26-15-23(14-25(18)26)29(22-8-6-5-7-9-22)24-16-27-20(3)12-13-21(4)28(27)17-24;;;/h5-17H,1-4H3;2*1H;/q-2;;;+4/p-2. The maximum atomic E-state index is 2.44. The average Bonchev–Trinajstić information content (AvgIpc) is 3.36. The van der Waals surface area contributed by atoms with Gasteiger partial charge in [-0.3, -0.25) is 0 Å². The fourth-order valence-corrected chi connectivity index (χ4v) is 6.83.